The zero-order valence-corrected chi connectivity index (χ0v) is 19.3. The molecule has 1 aromatic heterocycles. The zero-order chi connectivity index (χ0) is 24.3. The third kappa shape index (κ3) is 5.41. The van der Waals surface area contributed by atoms with E-state index in [4.69, 9.17) is 0 Å². The molecular formula is C25H28F3N5O. The number of anilines is 2. The lowest BCUT2D eigenvalue weighted by Crippen LogP contribution is -2.47. The third-order valence-electron chi connectivity index (χ3n) is 6.12. The summed E-state index contributed by atoms with van der Waals surface area (Å²) < 4.78 is 40.8. The average Bonchev–Trinajstić information content (AvgIpc) is 3.11. The Bertz CT molecular complexity index is 1140. The highest BCUT2D eigenvalue weighted by Gasteiger charge is 2.31. The molecule has 1 amide bonds. The Hall–Kier alpha value is -3.33. The molecule has 1 N–H and O–H groups in total. The quantitative estimate of drug-likeness (QED) is 0.568. The van der Waals surface area contributed by atoms with Crippen LogP contribution in [0.25, 0.3) is 5.69 Å². The van der Waals surface area contributed by atoms with Gasteiger partial charge < -0.3 is 10.2 Å². The summed E-state index contributed by atoms with van der Waals surface area (Å²) in [5.41, 5.74) is 3.22. The molecule has 1 saturated heterocycles. The van der Waals surface area contributed by atoms with Crippen molar-refractivity contribution in [3.05, 3.63) is 71.5 Å². The van der Waals surface area contributed by atoms with Gasteiger partial charge in [0.2, 0.25) is 5.91 Å². The standard InChI is InChI=1S/C25H28F3N5O/c1-18-24(19(2)33(30-18)21-8-4-3-5-9-21)29-23(34)11-12-31-13-15-32(16-14-31)22-10-6-7-20(17-22)25(26,27)28/h3-10,17H,11-16H2,1-2H3,(H,29,34). The van der Waals surface area contributed by atoms with Crippen molar-refractivity contribution in [3.8, 4) is 5.69 Å². The van der Waals surface area contributed by atoms with E-state index in [1.807, 2.05) is 53.8 Å². The van der Waals surface area contributed by atoms with E-state index >= 15 is 0 Å². The molecule has 0 aliphatic carbocycles. The molecule has 0 saturated carbocycles. The molecule has 0 atom stereocenters. The van der Waals surface area contributed by atoms with Crippen LogP contribution in [-0.2, 0) is 11.0 Å². The number of alkyl halides is 3. The predicted octanol–water partition coefficient (Wildman–Crippen LogP) is 4.66. The maximum absolute atomic E-state index is 13.0. The molecule has 1 aliphatic heterocycles. The first-order chi connectivity index (χ1) is 16.2. The number of nitrogens with one attached hydrogen (secondary N) is 1. The summed E-state index contributed by atoms with van der Waals surface area (Å²) in [7, 11) is 0. The average molecular weight is 472 g/mol. The number of halogens is 3. The molecule has 34 heavy (non-hydrogen) atoms. The number of carbonyl (C=O) groups excluding carboxylic acids is 1. The van der Waals surface area contributed by atoms with Gasteiger partial charge in [0.25, 0.3) is 0 Å². The number of hydrogen-bond donors (Lipinski definition) is 1. The lowest BCUT2D eigenvalue weighted by molar-refractivity contribution is -0.137. The number of carbonyl (C=O) groups is 1. The maximum Gasteiger partial charge on any atom is 0.416 e. The van der Waals surface area contributed by atoms with Gasteiger partial charge in [0, 0.05) is 44.8 Å². The van der Waals surface area contributed by atoms with E-state index in [0.29, 0.717) is 44.8 Å². The van der Waals surface area contributed by atoms with Crippen LogP contribution in [0.4, 0.5) is 24.5 Å². The molecule has 0 unspecified atom stereocenters. The molecule has 3 aromatic rings. The van der Waals surface area contributed by atoms with Crippen molar-refractivity contribution in [2.24, 2.45) is 0 Å². The molecule has 180 valence electrons. The van der Waals surface area contributed by atoms with Crippen LogP contribution >= 0.6 is 0 Å². The van der Waals surface area contributed by atoms with Gasteiger partial charge in [-0.05, 0) is 44.2 Å². The normalized spacial score (nSPS) is 14.9. The Morgan fingerprint density at radius 2 is 1.65 bits per heavy atom. The van der Waals surface area contributed by atoms with Crippen LogP contribution in [-0.4, -0.2) is 53.3 Å². The number of aromatic nitrogens is 2. The molecule has 0 bridgehead atoms. The van der Waals surface area contributed by atoms with Crippen LogP contribution in [0, 0.1) is 13.8 Å². The first-order valence-electron chi connectivity index (χ1n) is 11.3. The number of nitrogens with zero attached hydrogens (tertiary/aromatic N) is 4. The van der Waals surface area contributed by atoms with E-state index in [1.165, 1.54) is 12.1 Å². The first-order valence-corrected chi connectivity index (χ1v) is 11.3. The maximum atomic E-state index is 13.0. The van der Waals surface area contributed by atoms with Crippen molar-refractivity contribution in [2.75, 3.05) is 42.9 Å². The van der Waals surface area contributed by atoms with Gasteiger partial charge in [0.1, 0.15) is 0 Å². The molecule has 1 fully saturated rings. The second-order valence-corrected chi connectivity index (χ2v) is 8.47. The second-order valence-electron chi connectivity index (χ2n) is 8.47. The van der Waals surface area contributed by atoms with Crippen LogP contribution in [0.3, 0.4) is 0 Å². The second kappa shape index (κ2) is 9.89. The highest BCUT2D eigenvalue weighted by atomic mass is 19.4. The first kappa shape index (κ1) is 23.8. The van der Waals surface area contributed by atoms with Crippen molar-refractivity contribution in [1.29, 1.82) is 0 Å². The molecule has 2 aromatic carbocycles. The lowest BCUT2D eigenvalue weighted by atomic mass is 10.1. The molecule has 2 heterocycles. The summed E-state index contributed by atoms with van der Waals surface area (Å²) in [6, 6.07) is 15.2. The minimum atomic E-state index is -4.35. The van der Waals surface area contributed by atoms with Crippen molar-refractivity contribution < 1.29 is 18.0 Å². The fourth-order valence-corrected chi connectivity index (χ4v) is 4.21. The number of amides is 1. The van der Waals surface area contributed by atoms with Crippen LogP contribution < -0.4 is 10.2 Å². The van der Waals surface area contributed by atoms with Crippen molar-refractivity contribution >= 4 is 17.3 Å². The van der Waals surface area contributed by atoms with Crippen LogP contribution in [0.1, 0.15) is 23.4 Å². The SMILES string of the molecule is Cc1nn(-c2ccccc2)c(C)c1NC(=O)CCN1CCN(c2cccc(C(F)(F)F)c2)CC1. The van der Waals surface area contributed by atoms with E-state index in [9.17, 15) is 18.0 Å². The molecule has 9 heteroatoms. The molecule has 6 nitrogen and oxygen atoms in total. The summed E-state index contributed by atoms with van der Waals surface area (Å²) in [4.78, 5) is 16.7. The molecular weight excluding hydrogens is 443 g/mol. The zero-order valence-electron chi connectivity index (χ0n) is 19.3. The Kier molecular flexibility index (Phi) is 6.92. The monoisotopic (exact) mass is 471 g/mol. The van der Waals surface area contributed by atoms with Gasteiger partial charge in [-0.3, -0.25) is 9.69 Å². The highest BCUT2D eigenvalue weighted by molar-refractivity contribution is 5.92. The lowest BCUT2D eigenvalue weighted by Gasteiger charge is -2.36. The minimum Gasteiger partial charge on any atom is -0.369 e. The highest BCUT2D eigenvalue weighted by Crippen LogP contribution is 2.32. The Balaban J connectivity index is 1.29. The van der Waals surface area contributed by atoms with E-state index in [0.717, 1.165) is 28.8 Å². The fraction of sp³-hybridized carbons (Fsp3) is 0.360. The number of benzene rings is 2. The Labute approximate surface area is 197 Å². The Morgan fingerprint density at radius 3 is 2.32 bits per heavy atom. The van der Waals surface area contributed by atoms with Gasteiger partial charge in [0.05, 0.1) is 28.3 Å². The summed E-state index contributed by atoms with van der Waals surface area (Å²) in [5.74, 6) is -0.0841. The fourth-order valence-electron chi connectivity index (χ4n) is 4.21. The number of aryl methyl sites for hydroxylation is 1. The van der Waals surface area contributed by atoms with Gasteiger partial charge in [-0.15, -0.1) is 0 Å². The molecule has 0 spiro atoms. The van der Waals surface area contributed by atoms with Crippen LogP contribution in [0.2, 0.25) is 0 Å². The predicted molar refractivity (Wildman–Crippen MR) is 126 cm³/mol. The van der Waals surface area contributed by atoms with E-state index in [2.05, 4.69) is 15.3 Å². The van der Waals surface area contributed by atoms with Gasteiger partial charge >= 0.3 is 6.18 Å². The number of rotatable bonds is 6. The third-order valence-corrected chi connectivity index (χ3v) is 6.12. The van der Waals surface area contributed by atoms with Gasteiger partial charge in [-0.1, -0.05) is 24.3 Å². The smallest absolute Gasteiger partial charge is 0.369 e. The van der Waals surface area contributed by atoms with Crippen molar-refractivity contribution in [2.45, 2.75) is 26.4 Å². The minimum absolute atomic E-state index is 0.0841. The van der Waals surface area contributed by atoms with Crippen LogP contribution in [0.5, 0.6) is 0 Å². The van der Waals surface area contributed by atoms with E-state index in [-0.39, 0.29) is 5.91 Å². The number of hydrogen-bond acceptors (Lipinski definition) is 4. The summed E-state index contributed by atoms with van der Waals surface area (Å²) in [5, 5.41) is 7.55. The molecule has 1 aliphatic rings. The van der Waals surface area contributed by atoms with Gasteiger partial charge in [-0.2, -0.15) is 18.3 Å². The van der Waals surface area contributed by atoms with Crippen LogP contribution in [0.15, 0.2) is 54.6 Å². The summed E-state index contributed by atoms with van der Waals surface area (Å²) >= 11 is 0. The van der Waals surface area contributed by atoms with Gasteiger partial charge in [-0.25, -0.2) is 4.68 Å². The summed E-state index contributed by atoms with van der Waals surface area (Å²) in [6.45, 7) is 6.99. The number of piperazine rings is 1. The number of para-hydroxylation sites is 1. The Morgan fingerprint density at radius 1 is 0.971 bits per heavy atom. The summed E-state index contributed by atoms with van der Waals surface area (Å²) in [6.07, 6.45) is -4.02. The topological polar surface area (TPSA) is 53.4 Å². The van der Waals surface area contributed by atoms with Crippen molar-refractivity contribution in [1.82, 2.24) is 14.7 Å². The van der Waals surface area contributed by atoms with E-state index in [1.54, 1.807) is 6.07 Å². The molecule has 0 radical (unpaired) electrons. The molecule has 4 rings (SSSR count). The van der Waals surface area contributed by atoms with Gasteiger partial charge in [0.15, 0.2) is 0 Å². The largest absolute Gasteiger partial charge is 0.416 e. The van der Waals surface area contributed by atoms with Crippen molar-refractivity contribution in [3.63, 3.8) is 0 Å². The van der Waals surface area contributed by atoms with E-state index < -0.39 is 11.7 Å².